The van der Waals surface area contributed by atoms with Gasteiger partial charge in [0.1, 0.15) is 5.82 Å². The van der Waals surface area contributed by atoms with Gasteiger partial charge in [-0.15, -0.1) is 15.3 Å². The summed E-state index contributed by atoms with van der Waals surface area (Å²) < 4.78 is 1.76. The average molecular weight is 336 g/mol. The normalized spacial score (nSPS) is 15.5. The molecular weight excluding hydrogens is 316 g/mol. The van der Waals surface area contributed by atoms with Crippen LogP contribution in [0.4, 0.5) is 5.82 Å². The van der Waals surface area contributed by atoms with Gasteiger partial charge in [0.25, 0.3) is 5.91 Å². The molecule has 1 fully saturated rings. The molecule has 128 valence electrons. The Morgan fingerprint density at radius 2 is 1.84 bits per heavy atom. The van der Waals surface area contributed by atoms with Crippen LogP contribution in [0.25, 0.3) is 5.65 Å². The van der Waals surface area contributed by atoms with E-state index in [0.717, 1.165) is 43.2 Å². The van der Waals surface area contributed by atoms with E-state index in [9.17, 15) is 4.79 Å². The first-order valence-electron chi connectivity index (χ1n) is 8.50. The van der Waals surface area contributed by atoms with Crippen molar-refractivity contribution >= 4 is 17.4 Å². The Morgan fingerprint density at radius 3 is 2.60 bits per heavy atom. The number of aromatic nitrogens is 4. The van der Waals surface area contributed by atoms with Gasteiger partial charge in [-0.3, -0.25) is 4.79 Å². The summed E-state index contributed by atoms with van der Waals surface area (Å²) in [5, 5.41) is 15.9. The van der Waals surface area contributed by atoms with Crippen molar-refractivity contribution < 1.29 is 4.79 Å². The number of benzene rings is 1. The van der Waals surface area contributed by atoms with Crippen LogP contribution in [0.2, 0.25) is 0 Å². The Morgan fingerprint density at radius 1 is 1.08 bits per heavy atom. The number of nitrogens with one attached hydrogen (secondary N) is 1. The second-order valence-electron chi connectivity index (χ2n) is 6.31. The fourth-order valence-electron chi connectivity index (χ4n) is 3.17. The minimum atomic E-state index is -0.00120. The van der Waals surface area contributed by atoms with Gasteiger partial charge in [0.15, 0.2) is 11.5 Å². The fourth-order valence-corrected chi connectivity index (χ4v) is 3.17. The number of amides is 1. The van der Waals surface area contributed by atoms with Crippen LogP contribution in [0.15, 0.2) is 42.5 Å². The first-order chi connectivity index (χ1) is 12.2. The van der Waals surface area contributed by atoms with Crippen LogP contribution in [-0.2, 0) is 0 Å². The van der Waals surface area contributed by atoms with Gasteiger partial charge >= 0.3 is 0 Å². The third kappa shape index (κ3) is 3.17. The largest absolute Gasteiger partial charge is 0.355 e. The number of rotatable bonds is 3. The molecule has 0 bridgehead atoms. The number of anilines is 1. The molecule has 0 radical (unpaired) electrons. The van der Waals surface area contributed by atoms with E-state index in [4.69, 9.17) is 0 Å². The van der Waals surface area contributed by atoms with Gasteiger partial charge in [0.05, 0.1) is 0 Å². The maximum Gasteiger partial charge on any atom is 0.251 e. The first kappa shape index (κ1) is 15.6. The number of carbonyl (C=O) groups is 1. The Kier molecular flexibility index (Phi) is 4.05. The van der Waals surface area contributed by atoms with E-state index in [1.807, 2.05) is 49.4 Å². The zero-order valence-corrected chi connectivity index (χ0v) is 14.1. The van der Waals surface area contributed by atoms with E-state index < -0.39 is 0 Å². The lowest BCUT2D eigenvalue weighted by Crippen LogP contribution is -2.45. The number of hydrogen-bond donors (Lipinski definition) is 1. The third-order valence-electron chi connectivity index (χ3n) is 4.59. The number of piperidine rings is 1. The lowest BCUT2D eigenvalue weighted by molar-refractivity contribution is 0.0931. The number of nitrogens with zero attached hydrogens (tertiary/aromatic N) is 5. The highest BCUT2D eigenvalue weighted by Crippen LogP contribution is 2.18. The van der Waals surface area contributed by atoms with E-state index in [0.29, 0.717) is 5.56 Å². The molecule has 7 nitrogen and oxygen atoms in total. The smallest absolute Gasteiger partial charge is 0.251 e. The second kappa shape index (κ2) is 6.51. The lowest BCUT2D eigenvalue weighted by atomic mass is 10.0. The van der Waals surface area contributed by atoms with Crippen molar-refractivity contribution in [3.63, 3.8) is 0 Å². The first-order valence-corrected chi connectivity index (χ1v) is 8.50. The van der Waals surface area contributed by atoms with E-state index in [-0.39, 0.29) is 11.9 Å². The van der Waals surface area contributed by atoms with Crippen molar-refractivity contribution in [3.05, 3.63) is 53.9 Å². The highest BCUT2D eigenvalue weighted by Gasteiger charge is 2.22. The van der Waals surface area contributed by atoms with Gasteiger partial charge in [-0.2, -0.15) is 4.52 Å². The summed E-state index contributed by atoms with van der Waals surface area (Å²) in [7, 11) is 0. The minimum Gasteiger partial charge on any atom is -0.355 e. The predicted molar refractivity (Wildman–Crippen MR) is 94.7 cm³/mol. The standard InChI is InChI=1S/C18H20N6O/c1-13-20-21-16-7-8-17(22-24(13)16)23-11-9-15(10-12-23)19-18(25)14-5-3-2-4-6-14/h2-8,15H,9-12H2,1H3,(H,19,25). The van der Waals surface area contributed by atoms with Crippen molar-refractivity contribution in [3.8, 4) is 0 Å². The SMILES string of the molecule is Cc1nnc2ccc(N3CCC(NC(=O)c4ccccc4)CC3)nn12. The molecule has 1 aliphatic heterocycles. The molecule has 0 atom stereocenters. The molecule has 0 spiro atoms. The quantitative estimate of drug-likeness (QED) is 0.790. The zero-order valence-electron chi connectivity index (χ0n) is 14.1. The summed E-state index contributed by atoms with van der Waals surface area (Å²) in [4.78, 5) is 14.5. The molecule has 1 amide bonds. The Hall–Kier alpha value is -2.96. The van der Waals surface area contributed by atoms with E-state index in [1.165, 1.54) is 0 Å². The summed E-state index contributed by atoms with van der Waals surface area (Å²) in [5.41, 5.74) is 1.46. The van der Waals surface area contributed by atoms with Crippen LogP contribution in [0, 0.1) is 6.92 Å². The number of hydrogen-bond acceptors (Lipinski definition) is 5. The lowest BCUT2D eigenvalue weighted by Gasteiger charge is -2.33. The Labute approximate surface area is 145 Å². The maximum atomic E-state index is 12.3. The van der Waals surface area contributed by atoms with Crippen LogP contribution in [0.5, 0.6) is 0 Å². The maximum absolute atomic E-state index is 12.3. The highest BCUT2D eigenvalue weighted by molar-refractivity contribution is 5.94. The van der Waals surface area contributed by atoms with Gasteiger partial charge in [0.2, 0.25) is 0 Å². The van der Waals surface area contributed by atoms with Gasteiger partial charge < -0.3 is 10.2 Å². The van der Waals surface area contributed by atoms with Crippen molar-refractivity contribution in [2.75, 3.05) is 18.0 Å². The van der Waals surface area contributed by atoms with E-state index in [1.54, 1.807) is 4.52 Å². The molecule has 0 unspecified atom stereocenters. The number of aryl methyl sites for hydroxylation is 1. The third-order valence-corrected chi connectivity index (χ3v) is 4.59. The molecule has 1 saturated heterocycles. The summed E-state index contributed by atoms with van der Waals surface area (Å²) in [6.07, 6.45) is 1.80. The molecule has 3 heterocycles. The summed E-state index contributed by atoms with van der Waals surface area (Å²) in [5.74, 6) is 1.70. The van der Waals surface area contributed by atoms with E-state index in [2.05, 4.69) is 25.5 Å². The van der Waals surface area contributed by atoms with Crippen molar-refractivity contribution in [1.82, 2.24) is 25.1 Å². The topological polar surface area (TPSA) is 75.4 Å². The van der Waals surface area contributed by atoms with Crippen LogP contribution < -0.4 is 10.2 Å². The molecule has 4 rings (SSSR count). The predicted octanol–water partition coefficient (Wildman–Crippen LogP) is 1.83. The Balaban J connectivity index is 1.39. The molecule has 1 aliphatic rings. The molecular formula is C18H20N6O. The van der Waals surface area contributed by atoms with Crippen LogP contribution in [0.3, 0.4) is 0 Å². The number of carbonyl (C=O) groups excluding carboxylic acids is 1. The zero-order chi connectivity index (χ0) is 17.2. The molecule has 7 heteroatoms. The molecule has 0 saturated carbocycles. The second-order valence-corrected chi connectivity index (χ2v) is 6.31. The molecule has 25 heavy (non-hydrogen) atoms. The van der Waals surface area contributed by atoms with Gasteiger partial charge in [-0.05, 0) is 44.0 Å². The molecule has 1 N–H and O–H groups in total. The minimum absolute atomic E-state index is 0.00120. The molecule has 3 aromatic rings. The van der Waals surface area contributed by atoms with Gasteiger partial charge in [0, 0.05) is 24.7 Å². The fraction of sp³-hybridized carbons (Fsp3) is 0.333. The molecule has 2 aromatic heterocycles. The van der Waals surface area contributed by atoms with Gasteiger partial charge in [-0.25, -0.2) is 0 Å². The summed E-state index contributed by atoms with van der Waals surface area (Å²) in [6, 6.07) is 13.5. The Bertz CT molecular complexity index is 883. The molecule has 1 aromatic carbocycles. The van der Waals surface area contributed by atoms with Gasteiger partial charge in [-0.1, -0.05) is 18.2 Å². The average Bonchev–Trinajstić information content (AvgIpc) is 3.03. The summed E-state index contributed by atoms with van der Waals surface area (Å²) >= 11 is 0. The van der Waals surface area contributed by atoms with Crippen LogP contribution >= 0.6 is 0 Å². The highest BCUT2D eigenvalue weighted by atomic mass is 16.1. The van der Waals surface area contributed by atoms with E-state index >= 15 is 0 Å². The molecule has 0 aliphatic carbocycles. The number of fused-ring (bicyclic) bond motifs is 1. The van der Waals surface area contributed by atoms with Crippen LogP contribution in [0.1, 0.15) is 29.0 Å². The summed E-state index contributed by atoms with van der Waals surface area (Å²) in [6.45, 7) is 3.61. The van der Waals surface area contributed by atoms with Crippen molar-refractivity contribution in [1.29, 1.82) is 0 Å². The monoisotopic (exact) mass is 336 g/mol. The van der Waals surface area contributed by atoms with Crippen molar-refractivity contribution in [2.24, 2.45) is 0 Å². The van der Waals surface area contributed by atoms with Crippen molar-refractivity contribution in [2.45, 2.75) is 25.8 Å². The van der Waals surface area contributed by atoms with Crippen LogP contribution in [-0.4, -0.2) is 44.8 Å².